The van der Waals surface area contributed by atoms with Crippen molar-refractivity contribution >= 4 is 9.84 Å². The molecule has 7 nitrogen and oxygen atoms in total. The molecule has 24 heavy (non-hydrogen) atoms. The maximum absolute atomic E-state index is 12.5. The molecular weight excluding hydrogens is 334 g/mol. The SMILES string of the molecule is CC(C)CS(=O)(=O)c1ccc(C2(O)C[N+]([O-])(CCO)CCO2)cc1. The lowest BCUT2D eigenvalue weighted by atomic mass is 10.0. The molecule has 0 spiro atoms. The first-order valence-corrected chi connectivity index (χ1v) is 9.63. The van der Waals surface area contributed by atoms with Gasteiger partial charge in [0, 0.05) is 5.56 Å². The summed E-state index contributed by atoms with van der Waals surface area (Å²) < 4.78 is 29.1. The zero-order valence-corrected chi connectivity index (χ0v) is 14.8. The van der Waals surface area contributed by atoms with Crippen molar-refractivity contribution in [3.63, 3.8) is 0 Å². The number of aliphatic hydroxyl groups excluding tert-OH is 1. The molecule has 0 aromatic heterocycles. The second-order valence-electron chi connectivity index (χ2n) is 6.72. The van der Waals surface area contributed by atoms with Crippen molar-refractivity contribution in [3.05, 3.63) is 35.0 Å². The molecular formula is C16H25NO6S. The lowest BCUT2D eigenvalue weighted by molar-refractivity contribution is -0.903. The van der Waals surface area contributed by atoms with Crippen LogP contribution in [-0.4, -0.2) is 61.9 Å². The van der Waals surface area contributed by atoms with Crippen molar-refractivity contribution in [2.45, 2.75) is 24.5 Å². The van der Waals surface area contributed by atoms with Gasteiger partial charge in [-0.05, 0) is 18.1 Å². The van der Waals surface area contributed by atoms with Crippen LogP contribution in [0.1, 0.15) is 19.4 Å². The van der Waals surface area contributed by atoms with Crippen LogP contribution in [0.2, 0.25) is 0 Å². The number of ether oxygens (including phenoxy) is 1. The van der Waals surface area contributed by atoms with Crippen LogP contribution in [0.25, 0.3) is 0 Å². The highest BCUT2D eigenvalue weighted by Gasteiger charge is 2.42. The van der Waals surface area contributed by atoms with Gasteiger partial charge in [-0.3, -0.25) is 0 Å². The second kappa shape index (κ2) is 7.07. The average molecular weight is 359 g/mol. The summed E-state index contributed by atoms with van der Waals surface area (Å²) >= 11 is 0. The van der Waals surface area contributed by atoms with E-state index in [1.807, 2.05) is 13.8 Å². The molecule has 1 aliphatic rings. The molecule has 8 heteroatoms. The average Bonchev–Trinajstić information content (AvgIpc) is 2.46. The van der Waals surface area contributed by atoms with Crippen LogP contribution in [0.4, 0.5) is 0 Å². The largest absolute Gasteiger partial charge is 0.633 e. The molecule has 2 rings (SSSR count). The van der Waals surface area contributed by atoms with Crippen LogP contribution < -0.4 is 0 Å². The van der Waals surface area contributed by atoms with Crippen LogP contribution in [0.3, 0.4) is 0 Å². The molecule has 0 bridgehead atoms. The van der Waals surface area contributed by atoms with Gasteiger partial charge in [0.25, 0.3) is 0 Å². The Kier molecular flexibility index (Phi) is 5.68. The number of hydrogen-bond donors (Lipinski definition) is 2. The molecule has 0 amide bonds. The Hall–Kier alpha value is -1.03. The van der Waals surface area contributed by atoms with E-state index >= 15 is 0 Å². The van der Waals surface area contributed by atoms with Crippen molar-refractivity contribution < 1.29 is 28.0 Å². The molecule has 1 aromatic rings. The Morgan fingerprint density at radius 2 is 1.96 bits per heavy atom. The van der Waals surface area contributed by atoms with Crippen LogP contribution in [0.15, 0.2) is 29.2 Å². The Morgan fingerprint density at radius 3 is 2.50 bits per heavy atom. The number of benzene rings is 1. The van der Waals surface area contributed by atoms with E-state index in [0.717, 1.165) is 0 Å². The van der Waals surface area contributed by atoms with E-state index in [4.69, 9.17) is 9.84 Å². The maximum Gasteiger partial charge on any atom is 0.244 e. The molecule has 1 fully saturated rings. The Balaban J connectivity index is 2.24. The third-order valence-electron chi connectivity index (χ3n) is 4.07. The summed E-state index contributed by atoms with van der Waals surface area (Å²) in [6.45, 7) is 3.34. The fourth-order valence-corrected chi connectivity index (χ4v) is 4.52. The zero-order valence-electron chi connectivity index (χ0n) is 14.0. The molecule has 1 aromatic carbocycles. The van der Waals surface area contributed by atoms with Crippen LogP contribution >= 0.6 is 0 Å². The quantitative estimate of drug-likeness (QED) is 0.569. The van der Waals surface area contributed by atoms with Gasteiger partial charge in [0.2, 0.25) is 5.79 Å². The lowest BCUT2D eigenvalue weighted by Crippen LogP contribution is -2.59. The highest BCUT2D eigenvalue weighted by Crippen LogP contribution is 2.31. The van der Waals surface area contributed by atoms with Gasteiger partial charge in [-0.1, -0.05) is 26.0 Å². The smallest absolute Gasteiger partial charge is 0.244 e. The van der Waals surface area contributed by atoms with Gasteiger partial charge in [-0.2, -0.15) is 0 Å². The van der Waals surface area contributed by atoms with Gasteiger partial charge in [0.05, 0.1) is 17.3 Å². The molecule has 2 unspecified atom stereocenters. The summed E-state index contributed by atoms with van der Waals surface area (Å²) in [6.07, 6.45) is 0. The second-order valence-corrected chi connectivity index (χ2v) is 8.75. The molecule has 136 valence electrons. The number of aliphatic hydroxyl groups is 2. The van der Waals surface area contributed by atoms with E-state index < -0.39 is 20.3 Å². The molecule has 1 saturated heterocycles. The van der Waals surface area contributed by atoms with E-state index in [9.17, 15) is 18.7 Å². The van der Waals surface area contributed by atoms with Crippen molar-refractivity contribution in [3.8, 4) is 0 Å². The topological polar surface area (TPSA) is 107 Å². The van der Waals surface area contributed by atoms with Crippen molar-refractivity contribution in [1.29, 1.82) is 0 Å². The summed E-state index contributed by atoms with van der Waals surface area (Å²) in [6, 6.07) is 5.80. The Labute approximate surface area is 142 Å². The lowest BCUT2D eigenvalue weighted by Gasteiger charge is -2.50. The molecule has 0 radical (unpaired) electrons. The first-order valence-electron chi connectivity index (χ1n) is 7.98. The van der Waals surface area contributed by atoms with Crippen LogP contribution in [0.5, 0.6) is 0 Å². The van der Waals surface area contributed by atoms with Gasteiger partial charge in [-0.25, -0.2) is 8.42 Å². The van der Waals surface area contributed by atoms with Gasteiger partial charge in [-0.15, -0.1) is 0 Å². The van der Waals surface area contributed by atoms with Crippen molar-refractivity contribution in [2.24, 2.45) is 5.92 Å². The third kappa shape index (κ3) is 4.33. The molecule has 2 atom stereocenters. The minimum absolute atomic E-state index is 0.0115. The number of sulfone groups is 1. The Morgan fingerprint density at radius 1 is 1.33 bits per heavy atom. The fourth-order valence-electron chi connectivity index (χ4n) is 2.90. The molecule has 1 aliphatic heterocycles. The molecule has 0 saturated carbocycles. The van der Waals surface area contributed by atoms with Gasteiger partial charge >= 0.3 is 0 Å². The van der Waals surface area contributed by atoms with E-state index in [2.05, 4.69) is 0 Å². The van der Waals surface area contributed by atoms with Crippen molar-refractivity contribution in [2.75, 3.05) is 38.6 Å². The number of hydrogen-bond acceptors (Lipinski definition) is 6. The first kappa shape index (κ1) is 19.3. The normalized spacial score (nSPS) is 28.2. The highest BCUT2D eigenvalue weighted by molar-refractivity contribution is 7.91. The summed E-state index contributed by atoms with van der Waals surface area (Å²) in [4.78, 5) is 0.178. The van der Waals surface area contributed by atoms with Gasteiger partial charge in [0.15, 0.2) is 9.84 Å². The van der Waals surface area contributed by atoms with Crippen LogP contribution in [-0.2, 0) is 20.4 Å². The predicted octanol–water partition coefficient (Wildman–Crippen LogP) is 0.598. The van der Waals surface area contributed by atoms with E-state index in [1.54, 1.807) is 0 Å². The first-order chi connectivity index (χ1) is 11.1. The maximum atomic E-state index is 12.5. The zero-order chi connectivity index (χ0) is 18.0. The number of hydroxylamine groups is 3. The van der Waals surface area contributed by atoms with E-state index in [-0.39, 0.29) is 49.4 Å². The fraction of sp³-hybridized carbons (Fsp3) is 0.625. The molecule has 2 N–H and O–H groups in total. The number of quaternary nitrogens is 1. The van der Waals surface area contributed by atoms with Gasteiger partial charge in [0.1, 0.15) is 26.2 Å². The minimum atomic E-state index is -3.38. The summed E-state index contributed by atoms with van der Waals surface area (Å²) in [7, 11) is -3.38. The van der Waals surface area contributed by atoms with Crippen LogP contribution in [0, 0.1) is 11.1 Å². The predicted molar refractivity (Wildman–Crippen MR) is 88.5 cm³/mol. The molecule has 0 aliphatic carbocycles. The number of rotatable bonds is 6. The summed E-state index contributed by atoms with van der Waals surface area (Å²) in [5.74, 6) is -1.72. The minimum Gasteiger partial charge on any atom is -0.633 e. The summed E-state index contributed by atoms with van der Waals surface area (Å²) in [5.41, 5.74) is 0.335. The number of nitrogens with zero attached hydrogens (tertiary/aromatic N) is 1. The standard InChI is InChI=1S/C16H25NO6S/c1-13(2)11-24(21,22)15-5-3-14(4-6-15)16(19)12-17(20,7-9-18)8-10-23-16/h3-6,13,18-19H,7-12H2,1-2H3. The van der Waals surface area contributed by atoms with E-state index in [1.165, 1.54) is 24.3 Å². The van der Waals surface area contributed by atoms with Gasteiger partial charge < -0.3 is 24.8 Å². The Bertz CT molecular complexity index is 656. The third-order valence-corrected chi connectivity index (χ3v) is 6.16. The molecule has 1 heterocycles. The highest BCUT2D eigenvalue weighted by atomic mass is 32.2. The van der Waals surface area contributed by atoms with E-state index in [0.29, 0.717) is 5.56 Å². The number of morpholine rings is 1. The van der Waals surface area contributed by atoms with Crippen molar-refractivity contribution in [1.82, 2.24) is 0 Å². The monoisotopic (exact) mass is 359 g/mol. The summed E-state index contributed by atoms with van der Waals surface area (Å²) in [5, 5.41) is 32.2.